The average Bonchev–Trinajstić information content (AvgIpc) is 2.27. The molecule has 0 aromatic heterocycles. The van der Waals surface area contributed by atoms with E-state index in [-0.39, 0.29) is 29.7 Å². The third-order valence-electron chi connectivity index (χ3n) is 2.81. The monoisotopic (exact) mass is 248 g/mol. The lowest BCUT2D eigenvalue weighted by Crippen LogP contribution is -2.42. The van der Waals surface area contributed by atoms with Crippen molar-refractivity contribution in [1.29, 1.82) is 0 Å². The van der Waals surface area contributed by atoms with Crippen LogP contribution in [0.3, 0.4) is 0 Å². The van der Waals surface area contributed by atoms with Crippen molar-refractivity contribution in [3.8, 4) is 0 Å². The Morgan fingerprint density at radius 1 is 1.56 bits per heavy atom. The van der Waals surface area contributed by atoms with Gasteiger partial charge in [0.1, 0.15) is 0 Å². The molecule has 0 aliphatic heterocycles. The van der Waals surface area contributed by atoms with Crippen molar-refractivity contribution >= 4 is 17.7 Å². The highest BCUT2D eigenvalue weighted by molar-refractivity contribution is 7.99. The Hall–Kier alpha value is -0.260. The topological polar surface area (TPSA) is 75.4 Å². The predicted molar refractivity (Wildman–Crippen MR) is 69.4 cm³/mol. The molecule has 0 heterocycles. The van der Waals surface area contributed by atoms with Crippen molar-refractivity contribution in [2.24, 2.45) is 11.7 Å². The van der Waals surface area contributed by atoms with Gasteiger partial charge in [-0.25, -0.2) is 0 Å². The van der Waals surface area contributed by atoms with Crippen molar-refractivity contribution in [2.75, 3.05) is 19.4 Å². The number of hydrogen-bond acceptors (Lipinski definition) is 4. The normalized spacial score (nSPS) is 16.6. The first-order chi connectivity index (χ1) is 7.58. The van der Waals surface area contributed by atoms with Crippen LogP contribution < -0.4 is 11.1 Å². The van der Waals surface area contributed by atoms with Crippen LogP contribution in [0.5, 0.6) is 0 Å². The van der Waals surface area contributed by atoms with E-state index in [1.165, 1.54) is 0 Å². The molecule has 1 amide bonds. The molecule has 0 radical (unpaired) electrons. The molecule has 0 fully saturated rings. The summed E-state index contributed by atoms with van der Waals surface area (Å²) < 4.78 is 0. The van der Waals surface area contributed by atoms with Gasteiger partial charge in [-0.05, 0) is 25.6 Å². The Balaban J connectivity index is 4.03. The van der Waals surface area contributed by atoms with Crippen LogP contribution in [0.1, 0.15) is 26.7 Å². The molecule has 0 bridgehead atoms. The number of thioether (sulfide) groups is 1. The zero-order chi connectivity index (χ0) is 12.6. The summed E-state index contributed by atoms with van der Waals surface area (Å²) in [5.74, 6) is 0.284. The molecule has 0 aliphatic carbocycles. The van der Waals surface area contributed by atoms with E-state index in [2.05, 4.69) is 5.32 Å². The van der Waals surface area contributed by atoms with Gasteiger partial charge in [0.25, 0.3) is 0 Å². The van der Waals surface area contributed by atoms with E-state index in [1.54, 1.807) is 11.8 Å². The van der Waals surface area contributed by atoms with Gasteiger partial charge >= 0.3 is 0 Å². The van der Waals surface area contributed by atoms with Gasteiger partial charge in [0, 0.05) is 17.7 Å². The molecule has 0 saturated carbocycles. The highest BCUT2D eigenvalue weighted by Gasteiger charge is 2.18. The van der Waals surface area contributed by atoms with Crippen LogP contribution in [0.25, 0.3) is 0 Å². The summed E-state index contributed by atoms with van der Waals surface area (Å²) >= 11 is 1.56. The van der Waals surface area contributed by atoms with E-state index in [9.17, 15) is 4.79 Å². The smallest absolute Gasteiger partial charge is 0.220 e. The predicted octanol–water partition coefficient (Wildman–Crippen LogP) is 0.590. The third-order valence-corrected chi connectivity index (χ3v) is 3.98. The van der Waals surface area contributed by atoms with Gasteiger partial charge in [-0.15, -0.1) is 0 Å². The number of nitrogens with two attached hydrogens (primary N) is 1. The minimum atomic E-state index is -0.0113. The Labute approximate surface area is 102 Å². The fraction of sp³-hybridized carbons (Fsp3) is 0.909. The summed E-state index contributed by atoms with van der Waals surface area (Å²) in [4.78, 5) is 11.7. The Morgan fingerprint density at radius 3 is 2.56 bits per heavy atom. The summed E-state index contributed by atoms with van der Waals surface area (Å²) in [7, 11) is 0. The minimum absolute atomic E-state index is 0.0113. The van der Waals surface area contributed by atoms with Crippen molar-refractivity contribution in [2.45, 2.75) is 38.0 Å². The van der Waals surface area contributed by atoms with Crippen LogP contribution >= 0.6 is 11.8 Å². The Kier molecular flexibility index (Phi) is 8.70. The van der Waals surface area contributed by atoms with E-state index >= 15 is 0 Å². The molecule has 3 atom stereocenters. The largest absolute Gasteiger partial charge is 0.395 e. The minimum Gasteiger partial charge on any atom is -0.395 e. The molecule has 4 N–H and O–H groups in total. The lowest BCUT2D eigenvalue weighted by molar-refractivity contribution is -0.122. The molecular formula is C11H24N2O2S. The first-order valence-corrected chi connectivity index (χ1v) is 7.00. The number of aliphatic hydroxyl groups is 1. The second-order valence-corrected chi connectivity index (χ2v) is 5.10. The maximum Gasteiger partial charge on any atom is 0.220 e. The Morgan fingerprint density at radius 2 is 2.19 bits per heavy atom. The molecular weight excluding hydrogens is 224 g/mol. The highest BCUT2D eigenvalue weighted by atomic mass is 32.2. The lowest BCUT2D eigenvalue weighted by atomic mass is 10.0. The van der Waals surface area contributed by atoms with Crippen LogP contribution in [0.15, 0.2) is 0 Å². The van der Waals surface area contributed by atoms with E-state index < -0.39 is 0 Å². The number of nitrogens with one attached hydrogen (secondary N) is 1. The summed E-state index contributed by atoms with van der Waals surface area (Å²) in [5.41, 5.74) is 5.55. The van der Waals surface area contributed by atoms with Crippen molar-refractivity contribution < 1.29 is 9.90 Å². The second-order valence-electron chi connectivity index (χ2n) is 4.03. The summed E-state index contributed by atoms with van der Waals surface area (Å²) in [6.07, 6.45) is 3.33. The van der Waals surface area contributed by atoms with Gasteiger partial charge in [0.2, 0.25) is 5.91 Å². The fourth-order valence-electron chi connectivity index (χ4n) is 1.50. The third kappa shape index (κ3) is 5.72. The molecule has 16 heavy (non-hydrogen) atoms. The SMILES string of the molecule is CCC(CN)CC(=O)NC(C)C(CO)SC. The van der Waals surface area contributed by atoms with Crippen molar-refractivity contribution in [3.05, 3.63) is 0 Å². The quantitative estimate of drug-likeness (QED) is 0.588. The van der Waals surface area contributed by atoms with Gasteiger partial charge in [0.05, 0.1) is 6.61 Å². The van der Waals surface area contributed by atoms with Crippen LogP contribution in [-0.2, 0) is 4.79 Å². The second kappa shape index (κ2) is 8.84. The molecule has 4 nitrogen and oxygen atoms in total. The van der Waals surface area contributed by atoms with Gasteiger partial charge in [-0.2, -0.15) is 11.8 Å². The number of carbonyl (C=O) groups is 1. The van der Waals surface area contributed by atoms with Gasteiger partial charge in [0.15, 0.2) is 0 Å². The molecule has 5 heteroatoms. The van der Waals surface area contributed by atoms with Crippen LogP contribution in [0.2, 0.25) is 0 Å². The first-order valence-electron chi connectivity index (χ1n) is 5.72. The van der Waals surface area contributed by atoms with Crippen LogP contribution in [0.4, 0.5) is 0 Å². The maximum atomic E-state index is 11.7. The molecule has 0 aromatic rings. The molecule has 96 valence electrons. The zero-order valence-electron chi connectivity index (χ0n) is 10.4. The van der Waals surface area contributed by atoms with Crippen LogP contribution in [-0.4, -0.2) is 41.7 Å². The fourth-order valence-corrected chi connectivity index (χ4v) is 2.12. The van der Waals surface area contributed by atoms with E-state index in [4.69, 9.17) is 10.8 Å². The molecule has 0 aromatic carbocycles. The van der Waals surface area contributed by atoms with Crippen LogP contribution in [0, 0.1) is 5.92 Å². The number of carbonyl (C=O) groups excluding carboxylic acids is 1. The summed E-state index contributed by atoms with van der Waals surface area (Å²) in [6, 6.07) is -0.0113. The summed E-state index contributed by atoms with van der Waals surface area (Å²) in [6.45, 7) is 4.58. The van der Waals surface area contributed by atoms with Gasteiger partial charge in [-0.3, -0.25) is 4.79 Å². The molecule has 0 aliphatic rings. The van der Waals surface area contributed by atoms with E-state index in [0.29, 0.717) is 13.0 Å². The van der Waals surface area contributed by atoms with E-state index in [1.807, 2.05) is 20.1 Å². The zero-order valence-corrected chi connectivity index (χ0v) is 11.2. The number of hydrogen-bond donors (Lipinski definition) is 3. The first kappa shape index (κ1) is 15.7. The summed E-state index contributed by atoms with van der Waals surface area (Å²) in [5, 5.41) is 12.1. The molecule has 0 spiro atoms. The molecule has 3 unspecified atom stereocenters. The highest BCUT2D eigenvalue weighted by Crippen LogP contribution is 2.11. The lowest BCUT2D eigenvalue weighted by Gasteiger charge is -2.22. The average molecular weight is 248 g/mol. The number of rotatable bonds is 8. The van der Waals surface area contributed by atoms with E-state index in [0.717, 1.165) is 6.42 Å². The molecule has 0 rings (SSSR count). The standard InChI is InChI=1S/C11H24N2O2S/c1-4-9(6-12)5-11(15)13-8(2)10(7-14)16-3/h8-10,14H,4-7,12H2,1-3H3,(H,13,15). The van der Waals surface area contributed by atoms with Crippen molar-refractivity contribution in [1.82, 2.24) is 5.32 Å². The van der Waals surface area contributed by atoms with Gasteiger partial charge < -0.3 is 16.2 Å². The maximum absolute atomic E-state index is 11.7. The number of amides is 1. The number of aliphatic hydroxyl groups excluding tert-OH is 1. The Bertz CT molecular complexity index is 194. The molecule has 0 saturated heterocycles. The van der Waals surface area contributed by atoms with Gasteiger partial charge in [-0.1, -0.05) is 13.3 Å². The van der Waals surface area contributed by atoms with Crippen molar-refractivity contribution in [3.63, 3.8) is 0 Å².